The molecule has 0 fully saturated rings. The second-order valence-electron chi connectivity index (χ2n) is 4.99. The zero-order chi connectivity index (χ0) is 17.2. The Bertz CT molecular complexity index is 784. The Morgan fingerprint density at radius 2 is 2.08 bits per heavy atom. The number of nitrogens with two attached hydrogens (primary N) is 2. The van der Waals surface area contributed by atoms with Crippen LogP contribution in [0.2, 0.25) is 5.02 Å². The van der Waals surface area contributed by atoms with Crippen molar-refractivity contribution in [1.82, 2.24) is 10.2 Å². The number of halogens is 1. The predicted octanol–water partition coefficient (Wildman–Crippen LogP) is 3.74. The SMILES string of the molecule is N/C=C(C#CCCc1nnc(N)s1)\C=C/CCc1ccccc1Cl. The Morgan fingerprint density at radius 3 is 2.79 bits per heavy atom. The van der Waals surface area contributed by atoms with Crippen LogP contribution in [0.3, 0.4) is 0 Å². The first kappa shape index (κ1) is 18.1. The second-order valence-corrected chi connectivity index (χ2v) is 6.49. The smallest absolute Gasteiger partial charge is 0.203 e. The lowest BCUT2D eigenvalue weighted by Gasteiger charge is -2.00. The minimum Gasteiger partial charge on any atom is -0.404 e. The van der Waals surface area contributed by atoms with Gasteiger partial charge in [-0.3, -0.25) is 0 Å². The minimum atomic E-state index is 0.488. The summed E-state index contributed by atoms with van der Waals surface area (Å²) in [5.74, 6) is 6.14. The van der Waals surface area contributed by atoms with E-state index < -0.39 is 0 Å². The molecule has 0 aliphatic carbocycles. The highest BCUT2D eigenvalue weighted by Gasteiger charge is 1.99. The quantitative estimate of drug-likeness (QED) is 0.609. The molecule has 124 valence electrons. The monoisotopic (exact) mass is 358 g/mol. The van der Waals surface area contributed by atoms with Gasteiger partial charge in [0.05, 0.1) is 0 Å². The van der Waals surface area contributed by atoms with Crippen LogP contribution >= 0.6 is 22.9 Å². The lowest BCUT2D eigenvalue weighted by molar-refractivity contribution is 0.943. The van der Waals surface area contributed by atoms with Gasteiger partial charge in [-0.2, -0.15) is 0 Å². The lowest BCUT2D eigenvalue weighted by atomic mass is 10.1. The van der Waals surface area contributed by atoms with E-state index in [0.29, 0.717) is 11.6 Å². The van der Waals surface area contributed by atoms with Crippen LogP contribution in [0.5, 0.6) is 0 Å². The Balaban J connectivity index is 1.77. The van der Waals surface area contributed by atoms with Crippen LogP contribution < -0.4 is 11.5 Å². The Morgan fingerprint density at radius 1 is 1.25 bits per heavy atom. The van der Waals surface area contributed by atoms with Crippen LogP contribution in [0.15, 0.2) is 48.2 Å². The predicted molar refractivity (Wildman–Crippen MR) is 102 cm³/mol. The number of benzene rings is 1. The van der Waals surface area contributed by atoms with Crippen molar-refractivity contribution in [2.75, 3.05) is 5.73 Å². The third-order valence-electron chi connectivity index (χ3n) is 3.19. The van der Waals surface area contributed by atoms with E-state index in [1.807, 2.05) is 30.3 Å². The topological polar surface area (TPSA) is 77.8 Å². The first-order valence-corrected chi connectivity index (χ1v) is 8.77. The molecule has 1 aromatic carbocycles. The van der Waals surface area contributed by atoms with Crippen molar-refractivity contribution in [2.24, 2.45) is 5.73 Å². The van der Waals surface area contributed by atoms with Crippen LogP contribution in [-0.4, -0.2) is 10.2 Å². The van der Waals surface area contributed by atoms with E-state index in [1.54, 1.807) is 0 Å². The fraction of sp³-hybridized carbons (Fsp3) is 0.222. The molecule has 4 nitrogen and oxygen atoms in total. The van der Waals surface area contributed by atoms with Gasteiger partial charge in [-0.25, -0.2) is 0 Å². The van der Waals surface area contributed by atoms with Gasteiger partial charge in [0.1, 0.15) is 5.01 Å². The van der Waals surface area contributed by atoms with Crippen LogP contribution in [0.25, 0.3) is 0 Å². The van der Waals surface area contributed by atoms with Gasteiger partial charge in [0.2, 0.25) is 5.13 Å². The van der Waals surface area contributed by atoms with Crippen molar-refractivity contribution in [1.29, 1.82) is 0 Å². The van der Waals surface area contributed by atoms with E-state index in [9.17, 15) is 0 Å². The third-order valence-corrected chi connectivity index (χ3v) is 4.38. The van der Waals surface area contributed by atoms with Gasteiger partial charge in [0.15, 0.2) is 0 Å². The summed E-state index contributed by atoms with van der Waals surface area (Å²) in [7, 11) is 0. The lowest BCUT2D eigenvalue weighted by Crippen LogP contribution is -1.86. The van der Waals surface area contributed by atoms with Gasteiger partial charge in [0, 0.05) is 29.6 Å². The number of rotatable bonds is 6. The summed E-state index contributed by atoms with van der Waals surface area (Å²) in [6.45, 7) is 0. The average Bonchev–Trinajstić information content (AvgIpc) is 3.00. The number of allylic oxidation sites excluding steroid dienone is 3. The van der Waals surface area contributed by atoms with Gasteiger partial charge in [-0.15, -0.1) is 10.2 Å². The van der Waals surface area contributed by atoms with Gasteiger partial charge in [0.25, 0.3) is 0 Å². The maximum absolute atomic E-state index is 6.14. The maximum Gasteiger partial charge on any atom is 0.203 e. The molecule has 0 bridgehead atoms. The first-order valence-electron chi connectivity index (χ1n) is 7.57. The van der Waals surface area contributed by atoms with Crippen molar-refractivity contribution in [3.8, 4) is 11.8 Å². The van der Waals surface area contributed by atoms with E-state index >= 15 is 0 Å². The number of anilines is 1. The van der Waals surface area contributed by atoms with Crippen molar-refractivity contribution >= 4 is 28.1 Å². The van der Waals surface area contributed by atoms with E-state index in [-0.39, 0.29) is 0 Å². The van der Waals surface area contributed by atoms with Crippen molar-refractivity contribution in [3.63, 3.8) is 0 Å². The number of nitrogen functional groups attached to an aromatic ring is 1. The molecular formula is C18H19ClN4S. The molecule has 1 heterocycles. The summed E-state index contributed by atoms with van der Waals surface area (Å²) in [5, 5.41) is 9.92. The van der Waals surface area contributed by atoms with Gasteiger partial charge >= 0.3 is 0 Å². The van der Waals surface area contributed by atoms with Crippen molar-refractivity contribution < 1.29 is 0 Å². The largest absolute Gasteiger partial charge is 0.404 e. The van der Waals surface area contributed by atoms with Crippen molar-refractivity contribution in [2.45, 2.75) is 25.7 Å². The molecule has 1 aromatic heterocycles. The van der Waals surface area contributed by atoms with Crippen LogP contribution in [0, 0.1) is 11.8 Å². The van der Waals surface area contributed by atoms with Gasteiger partial charge in [-0.05, 0) is 30.5 Å². The summed E-state index contributed by atoms with van der Waals surface area (Å²) in [4.78, 5) is 0. The van der Waals surface area contributed by atoms with Crippen LogP contribution in [0.4, 0.5) is 5.13 Å². The number of hydrogen-bond donors (Lipinski definition) is 2. The fourth-order valence-corrected chi connectivity index (χ4v) is 2.83. The van der Waals surface area contributed by atoms with Crippen LogP contribution in [0.1, 0.15) is 23.4 Å². The average molecular weight is 359 g/mol. The molecule has 0 radical (unpaired) electrons. The molecule has 2 aromatic rings. The molecule has 0 aliphatic heterocycles. The van der Waals surface area contributed by atoms with Crippen LogP contribution in [-0.2, 0) is 12.8 Å². The molecule has 0 saturated carbocycles. The molecular weight excluding hydrogens is 340 g/mol. The summed E-state index contributed by atoms with van der Waals surface area (Å²) in [5.41, 5.74) is 13.1. The highest BCUT2D eigenvalue weighted by molar-refractivity contribution is 7.15. The summed E-state index contributed by atoms with van der Waals surface area (Å²) < 4.78 is 0. The summed E-state index contributed by atoms with van der Waals surface area (Å²) in [6, 6.07) is 7.87. The first-order chi connectivity index (χ1) is 11.7. The zero-order valence-corrected chi connectivity index (χ0v) is 14.8. The van der Waals surface area contributed by atoms with E-state index in [0.717, 1.165) is 40.4 Å². The normalized spacial score (nSPS) is 11.5. The number of aromatic nitrogens is 2. The van der Waals surface area contributed by atoms with Gasteiger partial charge in [-0.1, -0.05) is 59.1 Å². The summed E-state index contributed by atoms with van der Waals surface area (Å²) >= 11 is 7.53. The number of hydrogen-bond acceptors (Lipinski definition) is 5. The van der Waals surface area contributed by atoms with E-state index in [4.69, 9.17) is 23.1 Å². The Hall–Kier alpha value is -2.29. The zero-order valence-electron chi connectivity index (χ0n) is 13.2. The van der Waals surface area contributed by atoms with E-state index in [1.165, 1.54) is 17.5 Å². The number of aryl methyl sites for hydroxylation is 2. The molecule has 0 amide bonds. The number of nitrogens with zero attached hydrogens (tertiary/aromatic N) is 2. The molecule has 24 heavy (non-hydrogen) atoms. The molecule has 6 heteroatoms. The fourth-order valence-electron chi connectivity index (χ4n) is 1.99. The minimum absolute atomic E-state index is 0.488. The van der Waals surface area contributed by atoms with E-state index in [2.05, 4.69) is 28.1 Å². The molecule has 0 unspecified atom stereocenters. The standard InChI is InChI=1S/C18H19ClN4S/c19-16-11-5-4-10-15(16)9-3-1-7-14(13-20)8-2-6-12-17-22-23-18(21)24-17/h1,4-5,7,10-11,13H,3,6,9,12,20H2,(H2,21,23)/b7-1-,14-13+. The Labute approximate surface area is 151 Å². The maximum atomic E-state index is 6.14. The highest BCUT2D eigenvalue weighted by atomic mass is 35.5. The Kier molecular flexibility index (Phi) is 7.34. The summed E-state index contributed by atoms with van der Waals surface area (Å²) in [6.07, 6.45) is 8.72. The molecule has 0 atom stereocenters. The molecule has 0 aliphatic rings. The molecule has 0 spiro atoms. The second kappa shape index (κ2) is 9.76. The van der Waals surface area contributed by atoms with Gasteiger partial charge < -0.3 is 11.5 Å². The van der Waals surface area contributed by atoms with Crippen molar-refractivity contribution in [3.05, 3.63) is 63.8 Å². The molecule has 2 rings (SSSR count). The molecule has 4 N–H and O–H groups in total. The third kappa shape index (κ3) is 6.07. The highest BCUT2D eigenvalue weighted by Crippen LogP contribution is 2.16. The molecule has 0 saturated heterocycles.